The van der Waals surface area contributed by atoms with Gasteiger partial charge in [-0.2, -0.15) is 0 Å². The number of amides is 1. The topological polar surface area (TPSA) is 58.6 Å². The Balaban J connectivity index is 1.64. The number of aromatic hydroxyl groups is 1. The van der Waals surface area contributed by atoms with Crippen LogP contribution in [0.5, 0.6) is 11.5 Å². The van der Waals surface area contributed by atoms with Gasteiger partial charge < -0.3 is 15.2 Å². The number of carbonyl (C=O) groups excluding carboxylic acids is 1. The molecular formula is C23H17NO3S. The quantitative estimate of drug-likeness (QED) is 0.641. The van der Waals surface area contributed by atoms with Crippen LogP contribution in [0.1, 0.15) is 21.9 Å². The molecule has 2 aliphatic heterocycles. The lowest BCUT2D eigenvalue weighted by Gasteiger charge is -2.27. The SMILES string of the molecule is O=C1COc2ccc(C3=Cc4ccc(O)cc4SC3c3ccccc3)cc2N1. The van der Waals surface area contributed by atoms with Gasteiger partial charge in [-0.3, -0.25) is 4.79 Å². The lowest BCUT2D eigenvalue weighted by molar-refractivity contribution is -0.118. The molecule has 1 amide bonds. The van der Waals surface area contributed by atoms with E-state index in [4.69, 9.17) is 4.74 Å². The monoisotopic (exact) mass is 387 g/mol. The second kappa shape index (κ2) is 6.77. The van der Waals surface area contributed by atoms with Crippen molar-refractivity contribution in [3.63, 3.8) is 0 Å². The molecule has 5 heteroatoms. The van der Waals surface area contributed by atoms with Gasteiger partial charge in [0, 0.05) is 4.90 Å². The fourth-order valence-corrected chi connectivity index (χ4v) is 4.88. The maximum Gasteiger partial charge on any atom is 0.262 e. The van der Waals surface area contributed by atoms with Gasteiger partial charge in [0.1, 0.15) is 11.5 Å². The second-order valence-electron chi connectivity index (χ2n) is 6.78. The van der Waals surface area contributed by atoms with Gasteiger partial charge >= 0.3 is 0 Å². The molecule has 3 aromatic carbocycles. The normalized spacial score (nSPS) is 17.6. The minimum atomic E-state index is -0.142. The van der Waals surface area contributed by atoms with E-state index in [9.17, 15) is 9.90 Å². The van der Waals surface area contributed by atoms with Gasteiger partial charge in [0.2, 0.25) is 0 Å². The van der Waals surface area contributed by atoms with Crippen molar-refractivity contribution in [1.82, 2.24) is 0 Å². The van der Waals surface area contributed by atoms with Crippen LogP contribution >= 0.6 is 11.8 Å². The van der Waals surface area contributed by atoms with Crippen LogP contribution < -0.4 is 10.1 Å². The van der Waals surface area contributed by atoms with Crippen LogP contribution in [0.3, 0.4) is 0 Å². The summed E-state index contributed by atoms with van der Waals surface area (Å²) in [6.45, 7) is 0.0500. The van der Waals surface area contributed by atoms with Gasteiger partial charge in [-0.15, -0.1) is 11.8 Å². The van der Waals surface area contributed by atoms with E-state index in [2.05, 4.69) is 23.5 Å². The first kappa shape index (κ1) is 17.0. The number of phenolic OH excluding ortho intramolecular Hbond substituents is 1. The minimum Gasteiger partial charge on any atom is -0.508 e. The van der Waals surface area contributed by atoms with Gasteiger partial charge in [0.05, 0.1) is 10.9 Å². The maximum atomic E-state index is 11.7. The van der Waals surface area contributed by atoms with Crippen molar-refractivity contribution < 1.29 is 14.6 Å². The van der Waals surface area contributed by atoms with E-state index in [1.54, 1.807) is 17.8 Å². The molecule has 0 radical (unpaired) electrons. The maximum absolute atomic E-state index is 11.7. The number of hydrogen-bond acceptors (Lipinski definition) is 4. The molecule has 0 saturated carbocycles. The molecule has 2 N–H and O–H groups in total. The van der Waals surface area contributed by atoms with Crippen molar-refractivity contribution in [2.45, 2.75) is 10.1 Å². The highest BCUT2D eigenvalue weighted by atomic mass is 32.2. The Labute approximate surface area is 166 Å². The summed E-state index contributed by atoms with van der Waals surface area (Å²) in [7, 11) is 0. The first-order valence-electron chi connectivity index (χ1n) is 9.01. The number of benzene rings is 3. The number of rotatable bonds is 2. The highest BCUT2D eigenvalue weighted by Crippen LogP contribution is 2.51. The molecule has 5 rings (SSSR count). The first-order chi connectivity index (χ1) is 13.7. The average Bonchev–Trinajstić information content (AvgIpc) is 2.73. The van der Waals surface area contributed by atoms with Crippen LogP contribution in [0.25, 0.3) is 11.6 Å². The number of thioether (sulfide) groups is 1. The van der Waals surface area contributed by atoms with Crippen molar-refractivity contribution in [3.8, 4) is 11.5 Å². The Kier molecular flexibility index (Phi) is 4.10. The molecule has 4 nitrogen and oxygen atoms in total. The lowest BCUT2D eigenvalue weighted by atomic mass is 9.94. The zero-order valence-electron chi connectivity index (χ0n) is 14.9. The molecule has 1 atom stereocenters. The summed E-state index contributed by atoms with van der Waals surface area (Å²) in [4.78, 5) is 12.8. The fraction of sp³-hybridized carbons (Fsp3) is 0.0870. The first-order valence-corrected chi connectivity index (χ1v) is 9.89. The molecule has 0 spiro atoms. The zero-order chi connectivity index (χ0) is 19.1. The van der Waals surface area contributed by atoms with E-state index in [1.807, 2.05) is 48.5 Å². The van der Waals surface area contributed by atoms with Crippen LogP contribution in [0, 0.1) is 0 Å². The molecule has 0 aliphatic carbocycles. The van der Waals surface area contributed by atoms with Crippen LogP contribution in [0.2, 0.25) is 0 Å². The highest BCUT2D eigenvalue weighted by molar-refractivity contribution is 8.00. The third-order valence-corrected chi connectivity index (χ3v) is 6.25. The predicted molar refractivity (Wildman–Crippen MR) is 112 cm³/mol. The van der Waals surface area contributed by atoms with Gasteiger partial charge in [0.15, 0.2) is 6.61 Å². The molecule has 28 heavy (non-hydrogen) atoms. The summed E-state index contributed by atoms with van der Waals surface area (Å²) in [5, 5.41) is 12.9. The summed E-state index contributed by atoms with van der Waals surface area (Å²) in [5.41, 5.74) is 5.14. The number of nitrogens with one attached hydrogen (secondary N) is 1. The fourth-order valence-electron chi connectivity index (χ4n) is 3.55. The summed E-state index contributed by atoms with van der Waals surface area (Å²) in [6.07, 6.45) is 2.16. The zero-order valence-corrected chi connectivity index (χ0v) is 15.7. The van der Waals surface area contributed by atoms with E-state index in [0.29, 0.717) is 11.4 Å². The molecular weight excluding hydrogens is 370 g/mol. The van der Waals surface area contributed by atoms with E-state index in [-0.39, 0.29) is 23.5 Å². The minimum absolute atomic E-state index is 0.0500. The number of carbonyl (C=O) groups is 1. The summed E-state index contributed by atoms with van der Waals surface area (Å²) >= 11 is 1.72. The molecule has 138 valence electrons. The molecule has 3 aromatic rings. The van der Waals surface area contributed by atoms with Gasteiger partial charge in [-0.05, 0) is 52.6 Å². The Bertz CT molecular complexity index is 1110. The van der Waals surface area contributed by atoms with Crippen molar-refractivity contribution in [1.29, 1.82) is 0 Å². The number of fused-ring (bicyclic) bond motifs is 2. The summed E-state index contributed by atoms with van der Waals surface area (Å²) in [6, 6.07) is 21.7. The summed E-state index contributed by atoms with van der Waals surface area (Å²) < 4.78 is 5.49. The van der Waals surface area contributed by atoms with Crippen molar-refractivity contribution in [2.75, 3.05) is 11.9 Å². The third kappa shape index (κ3) is 3.04. The van der Waals surface area contributed by atoms with E-state index in [0.717, 1.165) is 21.6 Å². The number of anilines is 1. The van der Waals surface area contributed by atoms with Gasteiger partial charge in [-0.25, -0.2) is 0 Å². The van der Waals surface area contributed by atoms with Crippen molar-refractivity contribution in [3.05, 3.63) is 83.4 Å². The Morgan fingerprint density at radius 1 is 1.04 bits per heavy atom. The summed E-state index contributed by atoms with van der Waals surface area (Å²) in [5.74, 6) is 0.814. The smallest absolute Gasteiger partial charge is 0.262 e. The third-order valence-electron chi connectivity index (χ3n) is 4.88. The molecule has 2 heterocycles. The van der Waals surface area contributed by atoms with Crippen molar-refractivity contribution >= 4 is 35.0 Å². The van der Waals surface area contributed by atoms with E-state index >= 15 is 0 Å². The molecule has 0 bridgehead atoms. The number of phenols is 1. The Morgan fingerprint density at radius 2 is 1.89 bits per heavy atom. The Morgan fingerprint density at radius 3 is 2.75 bits per heavy atom. The molecule has 0 saturated heterocycles. The van der Waals surface area contributed by atoms with Crippen LogP contribution in [-0.2, 0) is 4.79 Å². The average molecular weight is 387 g/mol. The molecule has 1 unspecified atom stereocenters. The van der Waals surface area contributed by atoms with E-state index < -0.39 is 0 Å². The molecule has 2 aliphatic rings. The van der Waals surface area contributed by atoms with Gasteiger partial charge in [0.25, 0.3) is 5.91 Å². The van der Waals surface area contributed by atoms with Crippen LogP contribution in [0.4, 0.5) is 5.69 Å². The molecule has 0 aromatic heterocycles. The van der Waals surface area contributed by atoms with Crippen LogP contribution in [0.15, 0.2) is 71.6 Å². The van der Waals surface area contributed by atoms with E-state index in [1.165, 1.54) is 5.56 Å². The largest absolute Gasteiger partial charge is 0.508 e. The number of ether oxygens (including phenoxy) is 1. The lowest BCUT2D eigenvalue weighted by Crippen LogP contribution is -2.25. The standard InChI is InChI=1S/C23H17NO3S/c25-17-8-6-16-10-18(15-7-9-20-19(11-15)24-22(26)13-27-20)23(28-21(16)12-17)14-4-2-1-3-5-14/h1-12,23,25H,13H2,(H,24,26). The van der Waals surface area contributed by atoms with Crippen molar-refractivity contribution in [2.24, 2.45) is 0 Å². The highest BCUT2D eigenvalue weighted by Gasteiger charge is 2.26. The Hall–Kier alpha value is -3.18. The number of hydrogen-bond donors (Lipinski definition) is 2. The molecule has 0 fully saturated rings. The van der Waals surface area contributed by atoms with Gasteiger partial charge in [-0.1, -0.05) is 42.5 Å². The predicted octanol–water partition coefficient (Wildman–Crippen LogP) is 5.11. The van der Waals surface area contributed by atoms with Crippen LogP contribution in [-0.4, -0.2) is 17.6 Å². The second-order valence-corrected chi connectivity index (χ2v) is 7.93.